The second kappa shape index (κ2) is 14.4. The molecule has 5 heteroatoms. The summed E-state index contributed by atoms with van der Waals surface area (Å²) in [5, 5.41) is 2.41. The van der Waals surface area contributed by atoms with Gasteiger partial charge in [-0.1, -0.05) is 98.2 Å². The summed E-state index contributed by atoms with van der Waals surface area (Å²) in [4.78, 5) is 9.59. The highest BCUT2D eigenvalue weighted by Gasteiger charge is 2.28. The van der Waals surface area contributed by atoms with Crippen LogP contribution >= 0.6 is 0 Å². The molecule has 0 N–H and O–H groups in total. The Hall–Kier alpha value is -5.55. The minimum absolute atomic E-state index is 0.0103. The number of nitrogens with zero attached hydrogens (tertiary/aromatic N) is 4. The van der Waals surface area contributed by atoms with Crippen molar-refractivity contribution in [2.45, 2.75) is 99.3 Å². The molecule has 0 fully saturated rings. The zero-order chi connectivity index (χ0) is 40.5. The summed E-state index contributed by atoms with van der Waals surface area (Å²) in [5.41, 5.74) is 14.9. The summed E-state index contributed by atoms with van der Waals surface area (Å²) in [7, 11) is 2.13. The number of rotatable bonds is 8. The topological polar surface area (TPSA) is 33.5 Å². The van der Waals surface area contributed by atoms with E-state index in [4.69, 9.17) is 9.72 Å². The van der Waals surface area contributed by atoms with Crippen molar-refractivity contribution in [3.63, 3.8) is 0 Å². The first kappa shape index (κ1) is 38.3. The van der Waals surface area contributed by atoms with Gasteiger partial charge in [0.25, 0.3) is 0 Å². The van der Waals surface area contributed by atoms with Crippen molar-refractivity contribution < 1.29 is 4.74 Å². The van der Waals surface area contributed by atoms with Gasteiger partial charge in [0, 0.05) is 48.4 Å². The van der Waals surface area contributed by atoms with Gasteiger partial charge in [0.1, 0.15) is 23.1 Å². The van der Waals surface area contributed by atoms with Crippen molar-refractivity contribution in [2.75, 3.05) is 13.6 Å². The van der Waals surface area contributed by atoms with E-state index >= 15 is 0 Å². The third-order valence-corrected chi connectivity index (χ3v) is 11.8. The fourth-order valence-corrected chi connectivity index (χ4v) is 8.77. The Kier molecular flexibility index (Phi) is 9.71. The summed E-state index contributed by atoms with van der Waals surface area (Å²) in [5.74, 6) is 4.85. The second-order valence-electron chi connectivity index (χ2n) is 18.2. The van der Waals surface area contributed by atoms with Gasteiger partial charge in [0.2, 0.25) is 0 Å². The van der Waals surface area contributed by atoms with Crippen LogP contribution in [0, 0.1) is 13.8 Å². The number of ether oxygens (including phenoxy) is 1. The van der Waals surface area contributed by atoms with E-state index in [0.29, 0.717) is 17.8 Å². The lowest BCUT2D eigenvalue weighted by Crippen LogP contribution is -2.24. The van der Waals surface area contributed by atoms with Gasteiger partial charge < -0.3 is 14.5 Å². The van der Waals surface area contributed by atoms with Crippen LogP contribution in [0.1, 0.15) is 119 Å². The molecule has 2 aliphatic heterocycles. The molecular weight excluding hydrogens is 697 g/mol. The van der Waals surface area contributed by atoms with Crippen molar-refractivity contribution in [2.24, 2.45) is 0 Å². The normalized spacial score (nSPS) is 14.4. The molecule has 6 aromatic rings. The van der Waals surface area contributed by atoms with Crippen LogP contribution in [0.5, 0.6) is 11.5 Å². The van der Waals surface area contributed by atoms with Crippen LogP contribution < -0.4 is 4.74 Å². The van der Waals surface area contributed by atoms with Crippen LogP contribution in [0.2, 0.25) is 0 Å². The van der Waals surface area contributed by atoms with Crippen molar-refractivity contribution >= 4 is 27.5 Å². The van der Waals surface area contributed by atoms with Crippen molar-refractivity contribution in [1.29, 1.82) is 0 Å². The minimum Gasteiger partial charge on any atom is -0.457 e. The van der Waals surface area contributed by atoms with Gasteiger partial charge in [-0.3, -0.25) is 4.57 Å². The third kappa shape index (κ3) is 6.96. The lowest BCUT2D eigenvalue weighted by atomic mass is 9.81. The molecule has 0 aliphatic carbocycles. The summed E-state index contributed by atoms with van der Waals surface area (Å²) in [6, 6.07) is 27.3. The monoisotopic (exact) mass is 754 g/mol. The number of allylic oxidation sites excluding steroid dienone is 2. The van der Waals surface area contributed by atoms with Gasteiger partial charge in [-0.05, 0) is 131 Å². The van der Waals surface area contributed by atoms with E-state index in [9.17, 15) is 0 Å². The number of benzene rings is 4. The Morgan fingerprint density at radius 1 is 0.737 bits per heavy atom. The van der Waals surface area contributed by atoms with E-state index in [1.165, 1.54) is 72.3 Å². The van der Waals surface area contributed by atoms with Crippen molar-refractivity contribution in [3.05, 3.63) is 148 Å². The molecule has 5 nitrogen and oxygen atoms in total. The van der Waals surface area contributed by atoms with Gasteiger partial charge in [-0.2, -0.15) is 0 Å². The van der Waals surface area contributed by atoms with Gasteiger partial charge >= 0.3 is 0 Å². The average molecular weight is 755 g/mol. The molecule has 0 bridgehead atoms. The molecule has 292 valence electrons. The predicted molar refractivity (Wildman–Crippen MR) is 241 cm³/mol. The molecule has 2 aromatic heterocycles. The Morgan fingerprint density at radius 2 is 1.46 bits per heavy atom. The molecular formula is C52H58N4O. The molecule has 0 amide bonds. The SMILES string of the molecule is Cc1cc(C)c2c(c1)c1ccc(Oc3cc(C4=CN(C)C5=CC=CCN45)cc(-c4c(C(C)C)cc(C(C)C)cc4C(C)C)c3)cc1n2-c1cc(C(C)(C)C)ccn1. The molecule has 57 heavy (non-hydrogen) atoms. The molecule has 2 aliphatic rings. The summed E-state index contributed by atoms with van der Waals surface area (Å²) in [6.45, 7) is 25.9. The van der Waals surface area contributed by atoms with Crippen molar-refractivity contribution in [1.82, 2.24) is 19.4 Å². The fraction of sp³-hybridized carbons (Fsp3) is 0.327. The minimum atomic E-state index is -0.0103. The number of aryl methyl sites for hydroxylation is 2. The molecule has 0 saturated carbocycles. The van der Waals surface area contributed by atoms with Crippen LogP contribution in [0.4, 0.5) is 0 Å². The van der Waals surface area contributed by atoms with Gasteiger partial charge in [-0.15, -0.1) is 0 Å². The van der Waals surface area contributed by atoms with Crippen LogP contribution in [0.3, 0.4) is 0 Å². The second-order valence-corrected chi connectivity index (χ2v) is 18.2. The third-order valence-electron chi connectivity index (χ3n) is 11.8. The van der Waals surface area contributed by atoms with Gasteiger partial charge in [0.05, 0.1) is 16.7 Å². The maximum atomic E-state index is 7.07. The fourth-order valence-electron chi connectivity index (χ4n) is 8.77. The lowest BCUT2D eigenvalue weighted by Gasteiger charge is -2.27. The van der Waals surface area contributed by atoms with E-state index in [-0.39, 0.29) is 5.41 Å². The highest BCUT2D eigenvalue weighted by Crippen LogP contribution is 2.44. The van der Waals surface area contributed by atoms with Crippen LogP contribution in [0.15, 0.2) is 109 Å². The molecule has 8 rings (SSSR count). The Labute approximate surface area is 340 Å². The Morgan fingerprint density at radius 3 is 2.14 bits per heavy atom. The van der Waals surface area contributed by atoms with Gasteiger partial charge in [-0.25, -0.2) is 4.98 Å². The van der Waals surface area contributed by atoms with E-state index < -0.39 is 0 Å². The Bertz CT molecular complexity index is 2610. The summed E-state index contributed by atoms with van der Waals surface area (Å²) in [6.07, 6.45) is 10.8. The van der Waals surface area contributed by atoms with E-state index in [0.717, 1.165) is 34.9 Å². The lowest BCUT2D eigenvalue weighted by molar-refractivity contribution is 0.426. The van der Waals surface area contributed by atoms with E-state index in [1.54, 1.807) is 0 Å². The number of aromatic nitrogens is 2. The first-order valence-corrected chi connectivity index (χ1v) is 20.7. The summed E-state index contributed by atoms with van der Waals surface area (Å²) < 4.78 is 9.41. The van der Waals surface area contributed by atoms with Crippen LogP contribution in [0.25, 0.3) is 44.4 Å². The molecule has 0 atom stereocenters. The molecule has 0 spiro atoms. The predicted octanol–water partition coefficient (Wildman–Crippen LogP) is 13.9. The number of hydrogen-bond donors (Lipinski definition) is 0. The largest absolute Gasteiger partial charge is 0.457 e. The first-order valence-electron chi connectivity index (χ1n) is 20.7. The standard InChI is InChI=1S/C52H58N4O/c1-31(2)36-26-43(32(3)4)50(44(27-36)33(5)6)38-23-37(47-30-54(12)49-15-13-14-20-55(47)49)24-41(25-38)57-40-16-17-42-45-22-34(7)21-35(8)51(45)56(46(42)29-40)48-28-39(18-19-53-48)52(9,10)11/h13-19,21-33H,20H2,1-12H3. The maximum absolute atomic E-state index is 7.07. The van der Waals surface area contributed by atoms with Crippen LogP contribution in [-0.2, 0) is 5.41 Å². The Balaban J connectivity index is 1.34. The van der Waals surface area contributed by atoms with Gasteiger partial charge in [0.15, 0.2) is 0 Å². The zero-order valence-electron chi connectivity index (χ0n) is 36.0. The highest BCUT2D eigenvalue weighted by atomic mass is 16.5. The number of pyridine rings is 1. The summed E-state index contributed by atoms with van der Waals surface area (Å²) >= 11 is 0. The quantitative estimate of drug-likeness (QED) is 0.155. The smallest absolute Gasteiger partial charge is 0.137 e. The molecule has 0 unspecified atom stereocenters. The first-order chi connectivity index (χ1) is 27.1. The highest BCUT2D eigenvalue weighted by molar-refractivity contribution is 6.10. The molecule has 4 heterocycles. The average Bonchev–Trinajstić information content (AvgIpc) is 3.68. The number of fused-ring (bicyclic) bond motifs is 4. The van der Waals surface area contributed by atoms with Crippen molar-refractivity contribution in [3.8, 4) is 28.4 Å². The molecule has 0 radical (unpaired) electrons. The van der Waals surface area contributed by atoms with Crippen LogP contribution in [-0.4, -0.2) is 32.9 Å². The number of hydrogen-bond acceptors (Lipinski definition) is 4. The zero-order valence-corrected chi connectivity index (χ0v) is 36.0. The van der Waals surface area contributed by atoms with E-state index in [2.05, 4.69) is 195 Å². The van der Waals surface area contributed by atoms with E-state index in [1.807, 2.05) is 6.20 Å². The maximum Gasteiger partial charge on any atom is 0.137 e. The molecule has 4 aromatic carbocycles. The molecule has 0 saturated heterocycles.